The monoisotopic (exact) mass is 211 g/mol. The predicted molar refractivity (Wildman–Crippen MR) is 64.8 cm³/mol. The molecule has 0 amide bonds. The summed E-state index contributed by atoms with van der Waals surface area (Å²) in [6, 6.07) is 2.47. The van der Waals surface area contributed by atoms with Crippen molar-refractivity contribution < 1.29 is 0 Å². The van der Waals surface area contributed by atoms with E-state index in [1.165, 1.54) is 28.2 Å². The van der Waals surface area contributed by atoms with Gasteiger partial charge in [0.1, 0.15) is 0 Å². The zero-order valence-electron chi connectivity index (χ0n) is 9.63. The maximum atomic E-state index is 6.25. The first-order valence-electron chi connectivity index (χ1n) is 5.38. The van der Waals surface area contributed by atoms with Crippen LogP contribution in [0.2, 0.25) is 0 Å². The number of hydrogen-bond acceptors (Lipinski definition) is 2. The van der Waals surface area contributed by atoms with Crippen molar-refractivity contribution in [1.29, 1.82) is 0 Å². The van der Waals surface area contributed by atoms with E-state index in [1.54, 1.807) is 0 Å². The number of thiophene rings is 1. The fourth-order valence-electron chi connectivity index (χ4n) is 1.92. The van der Waals surface area contributed by atoms with Crippen LogP contribution >= 0.6 is 11.3 Å². The van der Waals surface area contributed by atoms with Crippen molar-refractivity contribution in [1.82, 2.24) is 0 Å². The Morgan fingerprint density at radius 3 is 2.50 bits per heavy atom. The third-order valence-corrected chi connectivity index (χ3v) is 3.78. The molecule has 0 spiro atoms. The van der Waals surface area contributed by atoms with Crippen molar-refractivity contribution in [3.8, 4) is 0 Å². The standard InChI is InChI=1S/C12H21NS/c1-5-6-8(2)12(13)11-7-9(3)14-10(11)4/h7-8,12H,5-6,13H2,1-4H3. The summed E-state index contributed by atoms with van der Waals surface area (Å²) in [5.41, 5.74) is 7.60. The van der Waals surface area contributed by atoms with Crippen LogP contribution in [0.3, 0.4) is 0 Å². The Morgan fingerprint density at radius 1 is 1.43 bits per heavy atom. The molecule has 0 fully saturated rings. The molecule has 1 nitrogen and oxygen atoms in total. The molecule has 1 aromatic heterocycles. The van der Waals surface area contributed by atoms with Crippen LogP contribution < -0.4 is 5.73 Å². The van der Waals surface area contributed by atoms with Gasteiger partial charge in [-0.3, -0.25) is 0 Å². The minimum Gasteiger partial charge on any atom is -0.324 e. The van der Waals surface area contributed by atoms with Crippen molar-refractivity contribution in [2.45, 2.75) is 46.6 Å². The van der Waals surface area contributed by atoms with Gasteiger partial charge in [-0.2, -0.15) is 0 Å². The molecule has 2 N–H and O–H groups in total. The zero-order valence-corrected chi connectivity index (χ0v) is 10.4. The van der Waals surface area contributed by atoms with Gasteiger partial charge in [-0.1, -0.05) is 20.3 Å². The van der Waals surface area contributed by atoms with Gasteiger partial charge in [-0.05, 0) is 37.8 Å². The molecule has 14 heavy (non-hydrogen) atoms. The largest absolute Gasteiger partial charge is 0.324 e. The number of hydrogen-bond donors (Lipinski definition) is 1. The molecule has 2 atom stereocenters. The molecule has 0 aliphatic carbocycles. The highest BCUT2D eigenvalue weighted by Crippen LogP contribution is 2.30. The Bertz CT molecular complexity index is 291. The van der Waals surface area contributed by atoms with Gasteiger partial charge < -0.3 is 5.73 Å². The molecule has 80 valence electrons. The van der Waals surface area contributed by atoms with Crippen LogP contribution in [-0.4, -0.2) is 0 Å². The second kappa shape index (κ2) is 4.94. The third-order valence-electron chi connectivity index (χ3n) is 2.80. The van der Waals surface area contributed by atoms with Crippen LogP contribution in [0.1, 0.15) is 48.0 Å². The van der Waals surface area contributed by atoms with E-state index in [2.05, 4.69) is 33.8 Å². The van der Waals surface area contributed by atoms with E-state index in [9.17, 15) is 0 Å². The molecule has 0 saturated heterocycles. The highest BCUT2D eigenvalue weighted by Gasteiger charge is 2.17. The number of rotatable bonds is 4. The van der Waals surface area contributed by atoms with Crippen LogP contribution in [0.5, 0.6) is 0 Å². The number of aryl methyl sites for hydroxylation is 2. The average Bonchev–Trinajstić information content (AvgIpc) is 2.44. The molecule has 1 heterocycles. The SMILES string of the molecule is CCCC(C)C(N)c1cc(C)sc1C. The fourth-order valence-corrected chi connectivity index (χ4v) is 2.90. The molecule has 0 aliphatic heterocycles. The van der Waals surface area contributed by atoms with Gasteiger partial charge in [0.15, 0.2) is 0 Å². The number of nitrogens with two attached hydrogens (primary N) is 1. The summed E-state index contributed by atoms with van der Waals surface area (Å²) in [6.45, 7) is 8.79. The van der Waals surface area contributed by atoms with Crippen molar-refractivity contribution in [2.24, 2.45) is 11.7 Å². The van der Waals surface area contributed by atoms with Gasteiger partial charge in [0.05, 0.1) is 0 Å². The van der Waals surface area contributed by atoms with Crippen molar-refractivity contribution in [2.75, 3.05) is 0 Å². The summed E-state index contributed by atoms with van der Waals surface area (Å²) in [5.74, 6) is 0.590. The van der Waals surface area contributed by atoms with Crippen molar-refractivity contribution in [3.63, 3.8) is 0 Å². The summed E-state index contributed by atoms with van der Waals surface area (Å²) in [4.78, 5) is 2.76. The minimum absolute atomic E-state index is 0.222. The van der Waals surface area contributed by atoms with Gasteiger partial charge >= 0.3 is 0 Å². The Hall–Kier alpha value is -0.340. The van der Waals surface area contributed by atoms with Gasteiger partial charge in [-0.15, -0.1) is 11.3 Å². The van der Waals surface area contributed by atoms with E-state index in [0.717, 1.165) is 0 Å². The Morgan fingerprint density at radius 2 is 2.07 bits per heavy atom. The Labute approximate surface area is 91.3 Å². The van der Waals surface area contributed by atoms with Crippen LogP contribution in [-0.2, 0) is 0 Å². The first-order chi connectivity index (χ1) is 6.56. The van der Waals surface area contributed by atoms with Crippen molar-refractivity contribution >= 4 is 11.3 Å². The lowest BCUT2D eigenvalue weighted by molar-refractivity contribution is 0.433. The fraction of sp³-hybridized carbons (Fsp3) is 0.667. The first kappa shape index (κ1) is 11.7. The van der Waals surface area contributed by atoms with Crippen molar-refractivity contribution in [3.05, 3.63) is 21.4 Å². The molecular formula is C12H21NS. The van der Waals surface area contributed by atoms with Crippen LogP contribution in [0.25, 0.3) is 0 Å². The smallest absolute Gasteiger partial charge is 0.0331 e. The normalized spacial score (nSPS) is 15.5. The Kier molecular flexibility index (Phi) is 4.14. The van der Waals surface area contributed by atoms with E-state index >= 15 is 0 Å². The molecule has 1 rings (SSSR count). The molecular weight excluding hydrogens is 190 g/mol. The van der Waals surface area contributed by atoms with E-state index in [4.69, 9.17) is 5.73 Å². The summed E-state index contributed by atoms with van der Waals surface area (Å²) >= 11 is 1.85. The van der Waals surface area contributed by atoms with Crippen LogP contribution in [0.15, 0.2) is 6.07 Å². The van der Waals surface area contributed by atoms with E-state index in [-0.39, 0.29) is 6.04 Å². The lowest BCUT2D eigenvalue weighted by atomic mass is 9.92. The summed E-state index contributed by atoms with van der Waals surface area (Å²) in [7, 11) is 0. The highest BCUT2D eigenvalue weighted by molar-refractivity contribution is 7.12. The average molecular weight is 211 g/mol. The molecule has 0 aromatic carbocycles. The quantitative estimate of drug-likeness (QED) is 0.805. The van der Waals surface area contributed by atoms with E-state index < -0.39 is 0 Å². The minimum atomic E-state index is 0.222. The van der Waals surface area contributed by atoms with Crippen LogP contribution in [0, 0.1) is 19.8 Å². The van der Waals surface area contributed by atoms with Gasteiger partial charge in [0.2, 0.25) is 0 Å². The highest BCUT2D eigenvalue weighted by atomic mass is 32.1. The summed E-state index contributed by atoms with van der Waals surface area (Å²) in [5, 5.41) is 0. The van der Waals surface area contributed by atoms with Gasteiger partial charge in [0, 0.05) is 15.8 Å². The lowest BCUT2D eigenvalue weighted by Gasteiger charge is -2.19. The van der Waals surface area contributed by atoms with E-state index in [0.29, 0.717) is 5.92 Å². The molecule has 1 aromatic rings. The van der Waals surface area contributed by atoms with Gasteiger partial charge in [-0.25, -0.2) is 0 Å². The van der Waals surface area contributed by atoms with Crippen LogP contribution in [0.4, 0.5) is 0 Å². The second-order valence-electron chi connectivity index (χ2n) is 4.16. The summed E-state index contributed by atoms with van der Waals surface area (Å²) < 4.78 is 0. The Balaban J connectivity index is 2.77. The lowest BCUT2D eigenvalue weighted by Crippen LogP contribution is -2.19. The predicted octanol–water partition coefficient (Wildman–Crippen LogP) is 3.80. The maximum Gasteiger partial charge on any atom is 0.0331 e. The first-order valence-corrected chi connectivity index (χ1v) is 6.20. The van der Waals surface area contributed by atoms with Gasteiger partial charge in [0.25, 0.3) is 0 Å². The molecule has 0 saturated carbocycles. The molecule has 0 radical (unpaired) electrons. The zero-order chi connectivity index (χ0) is 10.7. The topological polar surface area (TPSA) is 26.0 Å². The van der Waals surface area contributed by atoms with E-state index in [1.807, 2.05) is 11.3 Å². The summed E-state index contributed by atoms with van der Waals surface area (Å²) in [6.07, 6.45) is 2.44. The molecule has 0 aliphatic rings. The molecule has 0 bridgehead atoms. The second-order valence-corrected chi connectivity index (χ2v) is 5.62. The maximum absolute atomic E-state index is 6.25. The molecule has 2 heteroatoms. The molecule has 2 unspecified atom stereocenters. The third kappa shape index (κ3) is 2.58.